The number of benzene rings is 2. The zero-order chi connectivity index (χ0) is 22.4. The molecule has 31 heavy (non-hydrogen) atoms. The molecule has 0 spiro atoms. The summed E-state index contributed by atoms with van der Waals surface area (Å²) < 4.78 is 7.81. The molecule has 11 heteroatoms. The van der Waals surface area contributed by atoms with Crippen LogP contribution in [-0.2, 0) is 11.3 Å². The Morgan fingerprint density at radius 2 is 1.97 bits per heavy atom. The SMILES string of the molecule is CCn1c(SCC(=O)Nc2ccc([N+](=O)[O-])cc2)nnc1[C@@H](C)Oc1ccccc1Cl. The van der Waals surface area contributed by atoms with E-state index in [4.69, 9.17) is 16.3 Å². The van der Waals surface area contributed by atoms with Gasteiger partial charge in [-0.25, -0.2) is 0 Å². The van der Waals surface area contributed by atoms with Crippen LogP contribution in [0, 0.1) is 10.1 Å². The number of ether oxygens (including phenoxy) is 1. The number of aromatic nitrogens is 3. The molecule has 162 valence electrons. The second kappa shape index (κ2) is 10.3. The standard InChI is InChI=1S/C20H20ClN5O4S/c1-3-25-19(13(2)30-17-7-5-4-6-16(17)21)23-24-20(25)31-12-18(27)22-14-8-10-15(11-9-14)26(28)29/h4-11,13H,3,12H2,1-2H3,(H,22,27)/t13-/m1/s1. The lowest BCUT2D eigenvalue weighted by Gasteiger charge is -2.16. The molecule has 1 amide bonds. The van der Waals surface area contributed by atoms with Crippen molar-refractivity contribution in [2.24, 2.45) is 0 Å². The number of nitrogens with one attached hydrogen (secondary N) is 1. The van der Waals surface area contributed by atoms with Crippen LogP contribution >= 0.6 is 23.4 Å². The van der Waals surface area contributed by atoms with E-state index in [2.05, 4.69) is 15.5 Å². The summed E-state index contributed by atoms with van der Waals surface area (Å²) in [7, 11) is 0. The Labute approximate surface area is 187 Å². The highest BCUT2D eigenvalue weighted by Crippen LogP contribution is 2.29. The van der Waals surface area contributed by atoms with Crippen molar-refractivity contribution < 1.29 is 14.5 Å². The summed E-state index contributed by atoms with van der Waals surface area (Å²) in [4.78, 5) is 22.5. The molecule has 3 aromatic rings. The average molecular weight is 462 g/mol. The number of nitrogens with zero attached hydrogens (tertiary/aromatic N) is 4. The number of hydrogen-bond donors (Lipinski definition) is 1. The van der Waals surface area contributed by atoms with Crippen LogP contribution in [-0.4, -0.2) is 31.3 Å². The Balaban J connectivity index is 1.61. The Hall–Kier alpha value is -3.11. The molecule has 9 nitrogen and oxygen atoms in total. The number of hydrogen-bond acceptors (Lipinski definition) is 7. The van der Waals surface area contributed by atoms with Gasteiger partial charge in [-0.15, -0.1) is 10.2 Å². The normalized spacial score (nSPS) is 11.7. The van der Waals surface area contributed by atoms with Gasteiger partial charge in [-0.2, -0.15) is 0 Å². The maximum absolute atomic E-state index is 12.3. The van der Waals surface area contributed by atoms with Gasteiger partial charge >= 0.3 is 0 Å². The first-order valence-corrected chi connectivity index (χ1v) is 10.8. The number of carbonyl (C=O) groups is 1. The minimum Gasteiger partial charge on any atom is -0.481 e. The molecular weight excluding hydrogens is 442 g/mol. The third-order valence-corrected chi connectivity index (χ3v) is 5.54. The highest BCUT2D eigenvalue weighted by atomic mass is 35.5. The summed E-state index contributed by atoms with van der Waals surface area (Å²) >= 11 is 7.40. The molecule has 1 N–H and O–H groups in total. The lowest BCUT2D eigenvalue weighted by atomic mass is 10.3. The molecule has 3 rings (SSSR count). The van der Waals surface area contributed by atoms with E-state index in [0.29, 0.717) is 34.0 Å². The van der Waals surface area contributed by atoms with Gasteiger partial charge in [0.2, 0.25) is 5.91 Å². The van der Waals surface area contributed by atoms with Crippen molar-refractivity contribution in [3.63, 3.8) is 0 Å². The predicted octanol–water partition coefficient (Wildman–Crippen LogP) is 4.73. The zero-order valence-electron chi connectivity index (χ0n) is 16.8. The monoisotopic (exact) mass is 461 g/mol. The number of para-hydroxylation sites is 1. The van der Waals surface area contributed by atoms with Gasteiger partial charge in [0.1, 0.15) is 5.75 Å². The average Bonchev–Trinajstić information content (AvgIpc) is 3.17. The molecule has 2 aromatic carbocycles. The Kier molecular flexibility index (Phi) is 7.48. The van der Waals surface area contributed by atoms with Gasteiger partial charge in [0, 0.05) is 24.4 Å². The van der Waals surface area contributed by atoms with Crippen molar-refractivity contribution in [1.29, 1.82) is 0 Å². The molecule has 0 aliphatic heterocycles. The smallest absolute Gasteiger partial charge is 0.269 e. The summed E-state index contributed by atoms with van der Waals surface area (Å²) in [5.41, 5.74) is 0.444. The number of nitro groups is 1. The van der Waals surface area contributed by atoms with Crippen molar-refractivity contribution in [1.82, 2.24) is 14.8 Å². The maximum Gasteiger partial charge on any atom is 0.269 e. The van der Waals surface area contributed by atoms with Crippen molar-refractivity contribution in [2.45, 2.75) is 31.7 Å². The molecule has 1 atom stereocenters. The van der Waals surface area contributed by atoms with Crippen LogP contribution < -0.4 is 10.1 Å². The van der Waals surface area contributed by atoms with Crippen LogP contribution in [0.1, 0.15) is 25.8 Å². The van der Waals surface area contributed by atoms with Crippen LogP contribution in [0.5, 0.6) is 5.75 Å². The molecule has 0 saturated carbocycles. The second-order valence-corrected chi connectivity index (χ2v) is 7.77. The lowest BCUT2D eigenvalue weighted by molar-refractivity contribution is -0.384. The highest BCUT2D eigenvalue weighted by Gasteiger charge is 2.20. The molecule has 0 radical (unpaired) electrons. The van der Waals surface area contributed by atoms with Crippen LogP contribution in [0.25, 0.3) is 0 Å². The highest BCUT2D eigenvalue weighted by molar-refractivity contribution is 7.99. The minimum atomic E-state index is -0.493. The van der Waals surface area contributed by atoms with E-state index < -0.39 is 11.0 Å². The van der Waals surface area contributed by atoms with E-state index in [-0.39, 0.29) is 17.3 Å². The van der Waals surface area contributed by atoms with Gasteiger partial charge in [0.05, 0.1) is 15.7 Å². The molecule has 0 saturated heterocycles. The van der Waals surface area contributed by atoms with Crippen LogP contribution in [0.4, 0.5) is 11.4 Å². The van der Waals surface area contributed by atoms with E-state index in [1.54, 1.807) is 12.1 Å². The fraction of sp³-hybridized carbons (Fsp3) is 0.250. The lowest BCUT2D eigenvalue weighted by Crippen LogP contribution is -2.15. The molecule has 0 aliphatic carbocycles. The first kappa shape index (κ1) is 22.6. The molecular formula is C20H20ClN5O4S. The van der Waals surface area contributed by atoms with Gasteiger partial charge in [-0.05, 0) is 38.1 Å². The molecule has 0 unspecified atom stereocenters. The number of carbonyl (C=O) groups excluding carboxylic acids is 1. The third kappa shape index (κ3) is 5.74. The Morgan fingerprint density at radius 3 is 2.61 bits per heavy atom. The number of halogens is 1. The van der Waals surface area contributed by atoms with Gasteiger partial charge in [-0.1, -0.05) is 35.5 Å². The number of non-ortho nitro benzene ring substituents is 1. The summed E-state index contributed by atoms with van der Waals surface area (Å²) in [5.74, 6) is 1.03. The van der Waals surface area contributed by atoms with Crippen LogP contribution in [0.3, 0.4) is 0 Å². The molecule has 0 aliphatic rings. The molecule has 0 bridgehead atoms. The van der Waals surface area contributed by atoms with Crippen molar-refractivity contribution in [3.8, 4) is 5.75 Å². The van der Waals surface area contributed by atoms with Crippen LogP contribution in [0.2, 0.25) is 5.02 Å². The number of nitro benzene ring substituents is 1. The fourth-order valence-electron chi connectivity index (χ4n) is 2.78. The minimum absolute atomic E-state index is 0.0379. The van der Waals surface area contributed by atoms with E-state index in [1.165, 1.54) is 36.0 Å². The van der Waals surface area contributed by atoms with E-state index >= 15 is 0 Å². The van der Waals surface area contributed by atoms with Crippen molar-refractivity contribution in [2.75, 3.05) is 11.1 Å². The molecule has 1 aromatic heterocycles. The van der Waals surface area contributed by atoms with Crippen molar-refractivity contribution >= 4 is 40.6 Å². The largest absolute Gasteiger partial charge is 0.481 e. The van der Waals surface area contributed by atoms with Crippen molar-refractivity contribution in [3.05, 3.63) is 69.5 Å². The topological polar surface area (TPSA) is 112 Å². The Morgan fingerprint density at radius 1 is 1.26 bits per heavy atom. The molecule has 0 fully saturated rings. The van der Waals surface area contributed by atoms with Gasteiger partial charge in [0.15, 0.2) is 17.1 Å². The summed E-state index contributed by atoms with van der Waals surface area (Å²) in [6.45, 7) is 4.41. The first-order valence-electron chi connectivity index (χ1n) is 9.40. The van der Waals surface area contributed by atoms with Crippen LogP contribution in [0.15, 0.2) is 53.7 Å². The van der Waals surface area contributed by atoms with E-state index in [9.17, 15) is 14.9 Å². The van der Waals surface area contributed by atoms with Gasteiger partial charge < -0.3 is 14.6 Å². The van der Waals surface area contributed by atoms with Gasteiger partial charge in [0.25, 0.3) is 5.69 Å². The summed E-state index contributed by atoms with van der Waals surface area (Å²) in [6.07, 6.45) is -0.393. The third-order valence-electron chi connectivity index (χ3n) is 4.26. The van der Waals surface area contributed by atoms with E-state index in [1.807, 2.05) is 30.5 Å². The summed E-state index contributed by atoms with van der Waals surface area (Å²) in [6, 6.07) is 12.8. The number of rotatable bonds is 9. The second-order valence-electron chi connectivity index (χ2n) is 6.42. The quantitative estimate of drug-likeness (QED) is 0.278. The number of anilines is 1. The fourth-order valence-corrected chi connectivity index (χ4v) is 3.77. The predicted molar refractivity (Wildman–Crippen MR) is 119 cm³/mol. The first-order chi connectivity index (χ1) is 14.9. The van der Waals surface area contributed by atoms with E-state index in [0.717, 1.165) is 0 Å². The summed E-state index contributed by atoms with van der Waals surface area (Å²) in [5, 5.41) is 22.9. The molecule has 1 heterocycles. The maximum atomic E-state index is 12.3. The number of thioether (sulfide) groups is 1. The zero-order valence-corrected chi connectivity index (χ0v) is 18.4. The van der Waals surface area contributed by atoms with Gasteiger partial charge in [-0.3, -0.25) is 14.9 Å². The Bertz CT molecular complexity index is 1070. The number of amides is 1.